The molecule has 0 amide bonds. The van der Waals surface area contributed by atoms with Crippen molar-refractivity contribution in [2.45, 2.75) is 58.6 Å². The Morgan fingerprint density at radius 1 is 1.29 bits per heavy atom. The lowest BCUT2D eigenvalue weighted by Gasteiger charge is -2.22. The number of rotatable bonds is 8. The molecule has 0 spiro atoms. The standard InChI is InChI=1S/C11H26N2O/c1-5-6-9(2)7-11(13-12)8-10(3)14-4/h9-11,13H,5-8,12H2,1-4H3. The van der Waals surface area contributed by atoms with Gasteiger partial charge in [-0.2, -0.15) is 0 Å². The molecular formula is C11H26N2O. The van der Waals surface area contributed by atoms with Crippen LogP contribution in [-0.2, 0) is 4.74 Å². The predicted octanol–water partition coefficient (Wildman–Crippen LogP) is 2.07. The number of ether oxygens (including phenoxy) is 1. The van der Waals surface area contributed by atoms with Crippen molar-refractivity contribution in [2.75, 3.05) is 7.11 Å². The predicted molar refractivity (Wildman–Crippen MR) is 60.9 cm³/mol. The highest BCUT2D eigenvalue weighted by molar-refractivity contribution is 4.70. The normalized spacial score (nSPS) is 17.8. The van der Waals surface area contributed by atoms with Gasteiger partial charge in [-0.3, -0.25) is 11.3 Å². The van der Waals surface area contributed by atoms with Gasteiger partial charge in [0, 0.05) is 13.2 Å². The minimum absolute atomic E-state index is 0.282. The Balaban J connectivity index is 3.77. The third-order valence-electron chi connectivity index (χ3n) is 2.72. The summed E-state index contributed by atoms with van der Waals surface area (Å²) in [5.74, 6) is 6.26. The Bertz CT molecular complexity index is 130. The molecule has 3 unspecified atom stereocenters. The molecule has 0 aliphatic carbocycles. The van der Waals surface area contributed by atoms with Gasteiger partial charge in [-0.05, 0) is 25.7 Å². The SMILES string of the molecule is CCCC(C)CC(CC(C)OC)NN. The minimum atomic E-state index is 0.282. The lowest BCUT2D eigenvalue weighted by Crippen LogP contribution is -2.38. The maximum absolute atomic E-state index is 5.51. The lowest BCUT2D eigenvalue weighted by atomic mass is 9.95. The van der Waals surface area contributed by atoms with E-state index in [1.807, 2.05) is 0 Å². The molecule has 14 heavy (non-hydrogen) atoms. The van der Waals surface area contributed by atoms with E-state index in [1.54, 1.807) is 7.11 Å². The second-order valence-corrected chi connectivity index (χ2v) is 4.28. The van der Waals surface area contributed by atoms with Gasteiger partial charge in [-0.25, -0.2) is 0 Å². The van der Waals surface area contributed by atoms with Crippen molar-refractivity contribution in [3.8, 4) is 0 Å². The van der Waals surface area contributed by atoms with Crippen molar-refractivity contribution in [2.24, 2.45) is 11.8 Å². The monoisotopic (exact) mass is 202 g/mol. The van der Waals surface area contributed by atoms with E-state index in [9.17, 15) is 0 Å². The van der Waals surface area contributed by atoms with E-state index < -0.39 is 0 Å². The van der Waals surface area contributed by atoms with Crippen LogP contribution in [0.1, 0.15) is 46.5 Å². The quantitative estimate of drug-likeness (QED) is 0.468. The van der Waals surface area contributed by atoms with Gasteiger partial charge < -0.3 is 4.74 Å². The summed E-state index contributed by atoms with van der Waals surface area (Å²) in [5, 5.41) is 0. The first-order chi connectivity index (χ1) is 6.63. The summed E-state index contributed by atoms with van der Waals surface area (Å²) in [5.41, 5.74) is 2.88. The van der Waals surface area contributed by atoms with Crippen molar-refractivity contribution in [1.29, 1.82) is 0 Å². The fourth-order valence-electron chi connectivity index (χ4n) is 1.83. The molecule has 86 valence electrons. The molecule has 0 bridgehead atoms. The van der Waals surface area contributed by atoms with E-state index in [1.165, 1.54) is 12.8 Å². The van der Waals surface area contributed by atoms with Gasteiger partial charge in [0.05, 0.1) is 6.10 Å². The van der Waals surface area contributed by atoms with Gasteiger partial charge in [0.2, 0.25) is 0 Å². The average molecular weight is 202 g/mol. The summed E-state index contributed by atoms with van der Waals surface area (Å²) in [6, 6.07) is 0.381. The molecule has 0 fully saturated rings. The molecule has 0 aliphatic rings. The maximum Gasteiger partial charge on any atom is 0.0558 e. The molecule has 0 aliphatic heterocycles. The fraction of sp³-hybridized carbons (Fsp3) is 1.00. The summed E-state index contributed by atoms with van der Waals surface area (Å²) in [7, 11) is 1.74. The molecule has 0 heterocycles. The van der Waals surface area contributed by atoms with E-state index in [4.69, 9.17) is 10.6 Å². The molecule has 0 saturated carbocycles. The molecule has 3 N–H and O–H groups in total. The fourth-order valence-corrected chi connectivity index (χ4v) is 1.83. The first-order valence-electron chi connectivity index (χ1n) is 5.62. The third kappa shape index (κ3) is 6.35. The summed E-state index contributed by atoms with van der Waals surface area (Å²) < 4.78 is 5.23. The lowest BCUT2D eigenvalue weighted by molar-refractivity contribution is 0.0970. The van der Waals surface area contributed by atoms with Crippen LogP contribution in [0.25, 0.3) is 0 Å². The van der Waals surface area contributed by atoms with Crippen molar-refractivity contribution in [1.82, 2.24) is 5.43 Å². The number of hydrogen-bond donors (Lipinski definition) is 2. The van der Waals surface area contributed by atoms with Crippen LogP contribution in [-0.4, -0.2) is 19.3 Å². The van der Waals surface area contributed by atoms with Gasteiger partial charge in [0.25, 0.3) is 0 Å². The molecule has 3 nitrogen and oxygen atoms in total. The van der Waals surface area contributed by atoms with Gasteiger partial charge in [-0.1, -0.05) is 26.7 Å². The highest BCUT2D eigenvalue weighted by Gasteiger charge is 2.14. The number of nitrogens with two attached hydrogens (primary N) is 1. The zero-order valence-electron chi connectivity index (χ0n) is 10.0. The Morgan fingerprint density at radius 2 is 1.93 bits per heavy atom. The zero-order valence-corrected chi connectivity index (χ0v) is 10.0. The van der Waals surface area contributed by atoms with Crippen molar-refractivity contribution in [3.05, 3.63) is 0 Å². The van der Waals surface area contributed by atoms with Crippen LogP contribution < -0.4 is 11.3 Å². The van der Waals surface area contributed by atoms with E-state index in [0.717, 1.165) is 18.8 Å². The Hall–Kier alpha value is -0.120. The zero-order chi connectivity index (χ0) is 11.0. The first-order valence-corrected chi connectivity index (χ1v) is 5.62. The van der Waals surface area contributed by atoms with Crippen molar-refractivity contribution in [3.63, 3.8) is 0 Å². The van der Waals surface area contributed by atoms with Crippen molar-refractivity contribution >= 4 is 0 Å². The molecule has 0 saturated heterocycles. The molecular weight excluding hydrogens is 176 g/mol. The van der Waals surface area contributed by atoms with Crippen LogP contribution in [0, 0.1) is 5.92 Å². The number of methoxy groups -OCH3 is 1. The molecule has 0 aromatic carbocycles. The molecule has 0 aromatic rings. The summed E-state index contributed by atoms with van der Waals surface area (Å²) in [6.45, 7) is 6.58. The Kier molecular flexibility index (Phi) is 8.14. The topological polar surface area (TPSA) is 47.3 Å². The largest absolute Gasteiger partial charge is 0.382 e. The summed E-state index contributed by atoms with van der Waals surface area (Å²) in [4.78, 5) is 0. The van der Waals surface area contributed by atoms with Crippen LogP contribution in [0.15, 0.2) is 0 Å². The van der Waals surface area contributed by atoms with E-state index in [0.29, 0.717) is 6.04 Å². The molecule has 0 radical (unpaired) electrons. The van der Waals surface area contributed by atoms with E-state index >= 15 is 0 Å². The summed E-state index contributed by atoms with van der Waals surface area (Å²) in [6.07, 6.45) is 4.93. The van der Waals surface area contributed by atoms with Crippen molar-refractivity contribution < 1.29 is 4.74 Å². The number of hydrazine groups is 1. The van der Waals surface area contributed by atoms with E-state index in [-0.39, 0.29) is 6.10 Å². The van der Waals surface area contributed by atoms with Crippen LogP contribution >= 0.6 is 0 Å². The van der Waals surface area contributed by atoms with Crippen LogP contribution in [0.2, 0.25) is 0 Å². The first kappa shape index (κ1) is 13.9. The highest BCUT2D eigenvalue weighted by Crippen LogP contribution is 2.15. The van der Waals surface area contributed by atoms with E-state index in [2.05, 4.69) is 26.2 Å². The van der Waals surface area contributed by atoms with Crippen LogP contribution in [0.4, 0.5) is 0 Å². The molecule has 0 aromatic heterocycles. The third-order valence-corrected chi connectivity index (χ3v) is 2.72. The average Bonchev–Trinajstić information content (AvgIpc) is 2.16. The smallest absolute Gasteiger partial charge is 0.0558 e. The number of nitrogens with one attached hydrogen (secondary N) is 1. The highest BCUT2D eigenvalue weighted by atomic mass is 16.5. The van der Waals surface area contributed by atoms with Gasteiger partial charge in [0.15, 0.2) is 0 Å². The van der Waals surface area contributed by atoms with Crippen LogP contribution in [0.3, 0.4) is 0 Å². The number of hydrogen-bond acceptors (Lipinski definition) is 3. The molecule has 3 atom stereocenters. The Morgan fingerprint density at radius 3 is 2.36 bits per heavy atom. The molecule has 0 rings (SSSR count). The second-order valence-electron chi connectivity index (χ2n) is 4.28. The second kappa shape index (κ2) is 8.21. The molecule has 3 heteroatoms. The maximum atomic E-state index is 5.51. The van der Waals surface area contributed by atoms with Gasteiger partial charge in [0.1, 0.15) is 0 Å². The van der Waals surface area contributed by atoms with Gasteiger partial charge >= 0.3 is 0 Å². The minimum Gasteiger partial charge on any atom is -0.382 e. The van der Waals surface area contributed by atoms with Crippen LogP contribution in [0.5, 0.6) is 0 Å². The summed E-state index contributed by atoms with van der Waals surface area (Å²) >= 11 is 0. The Labute approximate surface area is 88.4 Å². The van der Waals surface area contributed by atoms with Gasteiger partial charge in [-0.15, -0.1) is 0 Å².